The molecule has 0 rings (SSSR count). The molecule has 0 radical (unpaired) electrons. The highest BCUT2D eigenvalue weighted by Gasteiger charge is 2.16. The molecule has 0 spiro atoms. The summed E-state index contributed by atoms with van der Waals surface area (Å²) in [6.07, 6.45) is 95.1. The molecule has 0 aliphatic rings. The first-order chi connectivity index (χ1) is 38.6. The lowest BCUT2D eigenvalue weighted by Crippen LogP contribution is -2.28. The summed E-state index contributed by atoms with van der Waals surface area (Å²) in [7, 11) is 0. The Hall–Kier alpha value is -2.66. The molecule has 0 heterocycles. The topological polar surface area (TPSA) is 72.8 Å². The fourth-order valence-electron chi connectivity index (χ4n) is 10.4. The summed E-state index contributed by atoms with van der Waals surface area (Å²) in [6.45, 7) is 4.07. The lowest BCUT2D eigenvalue weighted by atomic mass is 10.0. The van der Waals surface area contributed by atoms with Crippen LogP contribution in [0.25, 0.3) is 0 Å². The summed E-state index contributed by atoms with van der Waals surface area (Å²) in [5.74, 6) is -0.581. The number of unbranched alkanes of at least 4 members (excludes halogenated alkanes) is 44. The quantitative estimate of drug-likeness (QED) is 0.0373. The fraction of sp³-hybridized carbons (Fsp3) is 0.808. The molecule has 454 valence electrons. The van der Waals surface area contributed by atoms with Crippen LogP contribution in [0.15, 0.2) is 72.9 Å². The van der Waals surface area contributed by atoms with E-state index in [2.05, 4.69) is 86.8 Å². The van der Waals surface area contributed by atoms with Crippen molar-refractivity contribution < 1.29 is 24.2 Å². The summed E-state index contributed by atoms with van der Waals surface area (Å²) >= 11 is 0. The minimum atomic E-state index is -0.778. The average Bonchev–Trinajstić information content (AvgIpc) is 3.44. The molecule has 0 aromatic carbocycles. The van der Waals surface area contributed by atoms with Crippen LogP contribution < -0.4 is 0 Å². The molecule has 0 aliphatic carbocycles. The minimum Gasteiger partial charge on any atom is -0.462 e. The number of ether oxygens (including phenoxy) is 2. The van der Waals surface area contributed by atoms with Gasteiger partial charge in [0.1, 0.15) is 6.61 Å². The summed E-state index contributed by atoms with van der Waals surface area (Å²) < 4.78 is 10.8. The second-order valence-corrected chi connectivity index (χ2v) is 23.2. The highest BCUT2D eigenvalue weighted by molar-refractivity contribution is 5.70. The first-order valence-electron chi connectivity index (χ1n) is 34.5. The van der Waals surface area contributed by atoms with E-state index in [-0.39, 0.29) is 25.2 Å². The first-order valence-corrected chi connectivity index (χ1v) is 34.5. The molecule has 0 aliphatic heterocycles. The Morgan fingerprint density at radius 3 is 0.833 bits per heavy atom. The summed E-state index contributed by atoms with van der Waals surface area (Å²) in [6, 6.07) is 0. The predicted molar refractivity (Wildman–Crippen MR) is 343 cm³/mol. The van der Waals surface area contributed by atoms with Crippen LogP contribution in [0.5, 0.6) is 0 Å². The fourth-order valence-corrected chi connectivity index (χ4v) is 10.4. The molecule has 1 atom stereocenters. The molecule has 78 heavy (non-hydrogen) atoms. The van der Waals surface area contributed by atoms with Crippen LogP contribution in [0, 0.1) is 0 Å². The molecule has 0 saturated carbocycles. The van der Waals surface area contributed by atoms with Gasteiger partial charge in [-0.15, -0.1) is 0 Å². The van der Waals surface area contributed by atoms with Gasteiger partial charge in [-0.3, -0.25) is 9.59 Å². The van der Waals surface area contributed by atoms with Crippen molar-refractivity contribution in [1.82, 2.24) is 0 Å². The van der Waals surface area contributed by atoms with Crippen molar-refractivity contribution in [1.29, 1.82) is 0 Å². The van der Waals surface area contributed by atoms with Crippen molar-refractivity contribution in [2.45, 2.75) is 367 Å². The summed E-state index contributed by atoms with van der Waals surface area (Å²) in [5.41, 5.74) is 0. The smallest absolute Gasteiger partial charge is 0.306 e. The van der Waals surface area contributed by atoms with Crippen molar-refractivity contribution in [3.05, 3.63) is 72.9 Å². The molecule has 0 aromatic heterocycles. The minimum absolute atomic E-state index is 0.0662. The Morgan fingerprint density at radius 2 is 0.551 bits per heavy atom. The Labute approximate surface area is 486 Å². The van der Waals surface area contributed by atoms with Gasteiger partial charge >= 0.3 is 11.9 Å². The SMILES string of the molecule is CC/C=C\C/C=C\C/C=C\C/C=C\C/C=C\C/C=C\CCCCCCCCCCCCC(=O)OC(CO)COC(=O)CCCCCCCCCCCCCCCCCCCCCCCCCCCCCCCCCCCCC. The van der Waals surface area contributed by atoms with Crippen LogP contribution in [-0.4, -0.2) is 36.4 Å². The molecule has 5 nitrogen and oxygen atoms in total. The first kappa shape index (κ1) is 75.3. The maximum absolute atomic E-state index is 12.4. The van der Waals surface area contributed by atoms with Crippen LogP contribution in [0.3, 0.4) is 0 Å². The van der Waals surface area contributed by atoms with E-state index in [1.165, 1.54) is 257 Å². The van der Waals surface area contributed by atoms with E-state index in [1.807, 2.05) is 0 Å². The zero-order chi connectivity index (χ0) is 56.2. The van der Waals surface area contributed by atoms with Gasteiger partial charge in [0.2, 0.25) is 0 Å². The predicted octanol–water partition coefficient (Wildman–Crippen LogP) is 23.9. The monoisotopic (exact) mass is 1090 g/mol. The number of rotatable bonds is 64. The van der Waals surface area contributed by atoms with Gasteiger partial charge in [0.15, 0.2) is 6.10 Å². The van der Waals surface area contributed by atoms with E-state index in [0.717, 1.165) is 77.0 Å². The summed E-state index contributed by atoms with van der Waals surface area (Å²) in [4.78, 5) is 24.6. The van der Waals surface area contributed by atoms with Crippen LogP contribution in [0.1, 0.15) is 361 Å². The maximum atomic E-state index is 12.4. The van der Waals surface area contributed by atoms with E-state index in [4.69, 9.17) is 9.47 Å². The van der Waals surface area contributed by atoms with E-state index in [0.29, 0.717) is 12.8 Å². The van der Waals surface area contributed by atoms with E-state index < -0.39 is 6.10 Å². The Kier molecular flexibility index (Phi) is 66.3. The molecule has 1 unspecified atom stereocenters. The molecule has 5 heteroatoms. The number of aliphatic hydroxyl groups excluding tert-OH is 1. The normalized spacial score (nSPS) is 12.6. The van der Waals surface area contributed by atoms with Gasteiger partial charge in [-0.05, 0) is 64.2 Å². The van der Waals surface area contributed by atoms with Crippen molar-refractivity contribution in [2.75, 3.05) is 13.2 Å². The second kappa shape index (κ2) is 68.6. The zero-order valence-corrected chi connectivity index (χ0v) is 52.2. The lowest BCUT2D eigenvalue weighted by molar-refractivity contribution is -0.161. The molecule has 0 bridgehead atoms. The number of hydrogen-bond acceptors (Lipinski definition) is 5. The molecule has 0 aromatic rings. The molecule has 0 amide bonds. The Morgan fingerprint density at radius 1 is 0.308 bits per heavy atom. The van der Waals surface area contributed by atoms with Gasteiger partial charge in [-0.25, -0.2) is 0 Å². The largest absolute Gasteiger partial charge is 0.462 e. The number of esters is 2. The number of carbonyl (C=O) groups excluding carboxylic acids is 2. The van der Waals surface area contributed by atoms with Gasteiger partial charge in [0.05, 0.1) is 6.61 Å². The molecular weight excluding hydrogens is 957 g/mol. The lowest BCUT2D eigenvalue weighted by Gasteiger charge is -2.15. The standard InChI is InChI=1S/C73H132O5/c1-3-5-7-9-11-13-15-17-19-21-23-25-27-29-31-33-34-35-36-37-38-40-41-43-45-47-49-51-53-55-57-59-61-63-65-67-72(75)77-70-71(69-74)78-73(76)68-66-64-62-60-58-56-54-52-50-48-46-44-42-39-32-30-28-26-24-22-20-18-16-14-12-10-8-6-4-2/h6,8,12,14,18,20,24,26,30,32,42,44,71,74H,3-5,7,9-11,13,15-17,19,21-23,25,27-29,31,33-41,43,45-70H2,1-2H3/b8-6-,14-12-,20-18-,26-24-,32-30-,44-42-. The van der Waals surface area contributed by atoms with Crippen molar-refractivity contribution in [3.63, 3.8) is 0 Å². The third-order valence-electron chi connectivity index (χ3n) is 15.5. The molecule has 1 N–H and O–H groups in total. The van der Waals surface area contributed by atoms with Gasteiger partial charge in [-0.2, -0.15) is 0 Å². The van der Waals surface area contributed by atoms with Gasteiger partial charge < -0.3 is 14.6 Å². The van der Waals surface area contributed by atoms with Crippen molar-refractivity contribution in [3.8, 4) is 0 Å². The van der Waals surface area contributed by atoms with Crippen LogP contribution in [0.4, 0.5) is 0 Å². The zero-order valence-electron chi connectivity index (χ0n) is 52.2. The molecular formula is C73H132O5. The van der Waals surface area contributed by atoms with Crippen LogP contribution in [-0.2, 0) is 19.1 Å². The summed E-state index contributed by atoms with van der Waals surface area (Å²) in [5, 5.41) is 9.70. The van der Waals surface area contributed by atoms with Gasteiger partial charge in [0, 0.05) is 12.8 Å². The maximum Gasteiger partial charge on any atom is 0.306 e. The van der Waals surface area contributed by atoms with E-state index in [9.17, 15) is 14.7 Å². The third-order valence-corrected chi connectivity index (χ3v) is 15.5. The van der Waals surface area contributed by atoms with E-state index >= 15 is 0 Å². The van der Waals surface area contributed by atoms with E-state index in [1.54, 1.807) is 0 Å². The highest BCUT2D eigenvalue weighted by atomic mass is 16.6. The van der Waals surface area contributed by atoms with Crippen LogP contribution >= 0.6 is 0 Å². The number of allylic oxidation sites excluding steroid dienone is 12. The Balaban J connectivity index is 3.42. The van der Waals surface area contributed by atoms with Gasteiger partial charge in [0.25, 0.3) is 0 Å². The van der Waals surface area contributed by atoms with Crippen LogP contribution in [0.2, 0.25) is 0 Å². The second-order valence-electron chi connectivity index (χ2n) is 23.2. The third kappa shape index (κ3) is 65.9. The van der Waals surface area contributed by atoms with Crippen molar-refractivity contribution in [2.24, 2.45) is 0 Å². The molecule has 0 saturated heterocycles. The number of carbonyl (C=O) groups is 2. The number of aliphatic hydroxyl groups is 1. The highest BCUT2D eigenvalue weighted by Crippen LogP contribution is 2.19. The Bertz CT molecular complexity index is 1370. The van der Waals surface area contributed by atoms with Crippen molar-refractivity contribution >= 4 is 11.9 Å². The average molecular weight is 1090 g/mol. The number of hydrogen-bond donors (Lipinski definition) is 1. The molecule has 0 fully saturated rings. The van der Waals surface area contributed by atoms with Gasteiger partial charge in [-0.1, -0.05) is 356 Å².